The predicted octanol–water partition coefficient (Wildman–Crippen LogP) is 3.49. The van der Waals surface area contributed by atoms with E-state index >= 15 is 0 Å². The lowest BCUT2D eigenvalue weighted by molar-refractivity contribution is -0.131. The van der Waals surface area contributed by atoms with Gasteiger partial charge in [0.05, 0.1) is 6.61 Å². The van der Waals surface area contributed by atoms with E-state index in [2.05, 4.69) is 4.72 Å². The molecule has 0 aliphatic carbocycles. The average molecular weight is 403 g/mol. The van der Waals surface area contributed by atoms with Gasteiger partial charge < -0.3 is 9.64 Å². The topological polar surface area (TPSA) is 75.7 Å². The Morgan fingerprint density at radius 2 is 1.93 bits per heavy atom. The first-order valence-electron chi connectivity index (χ1n) is 9.50. The highest BCUT2D eigenvalue weighted by Crippen LogP contribution is 2.29. The summed E-state index contributed by atoms with van der Waals surface area (Å²) < 4.78 is 34.1. The third-order valence-corrected chi connectivity index (χ3v) is 6.22. The van der Waals surface area contributed by atoms with Crippen LogP contribution in [0.15, 0.2) is 41.3 Å². The normalized spacial score (nSPS) is 13.8. The van der Waals surface area contributed by atoms with Crippen molar-refractivity contribution >= 4 is 21.6 Å². The molecule has 1 heterocycles. The van der Waals surface area contributed by atoms with Crippen LogP contribution in [0.2, 0.25) is 0 Å². The van der Waals surface area contributed by atoms with Crippen molar-refractivity contribution in [2.24, 2.45) is 0 Å². The van der Waals surface area contributed by atoms with Crippen LogP contribution < -0.4 is 9.46 Å². The highest BCUT2D eigenvalue weighted by atomic mass is 32.2. The molecule has 0 saturated heterocycles. The van der Waals surface area contributed by atoms with Crippen molar-refractivity contribution < 1.29 is 17.9 Å². The van der Waals surface area contributed by atoms with Crippen LogP contribution in [-0.2, 0) is 27.8 Å². The summed E-state index contributed by atoms with van der Waals surface area (Å²) in [6, 6.07) is 10.6. The number of nitrogens with zero attached hydrogens (tertiary/aromatic N) is 1. The van der Waals surface area contributed by atoms with E-state index in [4.69, 9.17) is 4.74 Å². The number of rotatable bonds is 6. The fourth-order valence-electron chi connectivity index (χ4n) is 3.37. The van der Waals surface area contributed by atoms with E-state index < -0.39 is 10.0 Å². The molecule has 28 heavy (non-hydrogen) atoms. The number of carbonyl (C=O) groups excluding carboxylic acids is 1. The Morgan fingerprint density at radius 1 is 1.14 bits per heavy atom. The van der Waals surface area contributed by atoms with Crippen molar-refractivity contribution in [3.05, 3.63) is 53.1 Å². The Balaban J connectivity index is 1.88. The van der Waals surface area contributed by atoms with Crippen LogP contribution in [0.3, 0.4) is 0 Å². The number of carbonyl (C=O) groups is 1. The SMILES string of the molecule is CCOc1ccc(C)cc1S(=O)(=O)Nc1ccc2c(c1)CN(C(=O)CC)CC2. The van der Waals surface area contributed by atoms with E-state index in [1.807, 2.05) is 43.9 Å². The Bertz CT molecular complexity index is 986. The number of benzene rings is 2. The number of ether oxygens (including phenoxy) is 1. The zero-order valence-electron chi connectivity index (χ0n) is 16.5. The summed E-state index contributed by atoms with van der Waals surface area (Å²) in [5.41, 5.74) is 3.44. The molecular weight excluding hydrogens is 376 g/mol. The fraction of sp³-hybridized carbons (Fsp3) is 0.381. The smallest absolute Gasteiger partial charge is 0.265 e. The lowest BCUT2D eigenvalue weighted by Gasteiger charge is -2.29. The van der Waals surface area contributed by atoms with Gasteiger partial charge in [-0.15, -0.1) is 0 Å². The predicted molar refractivity (Wildman–Crippen MR) is 109 cm³/mol. The number of nitrogens with one attached hydrogen (secondary N) is 1. The van der Waals surface area contributed by atoms with Gasteiger partial charge in [0.25, 0.3) is 10.0 Å². The molecule has 0 bridgehead atoms. The largest absolute Gasteiger partial charge is 0.492 e. The molecule has 0 atom stereocenters. The molecule has 0 saturated carbocycles. The van der Waals surface area contributed by atoms with Crippen molar-refractivity contribution in [1.82, 2.24) is 4.90 Å². The Morgan fingerprint density at radius 3 is 2.64 bits per heavy atom. The van der Waals surface area contributed by atoms with Crippen LogP contribution in [-0.4, -0.2) is 32.4 Å². The lowest BCUT2D eigenvalue weighted by atomic mass is 9.99. The average Bonchev–Trinajstić information content (AvgIpc) is 2.68. The number of anilines is 1. The summed E-state index contributed by atoms with van der Waals surface area (Å²) in [6.07, 6.45) is 1.25. The molecule has 0 unspecified atom stereocenters. The van der Waals surface area contributed by atoms with E-state index in [1.165, 1.54) is 0 Å². The molecule has 1 aliphatic heterocycles. The summed E-state index contributed by atoms with van der Waals surface area (Å²) in [5, 5.41) is 0. The van der Waals surface area contributed by atoms with Crippen LogP contribution in [0, 0.1) is 6.92 Å². The second-order valence-electron chi connectivity index (χ2n) is 6.89. The minimum absolute atomic E-state index is 0.109. The molecule has 1 aliphatic rings. The van der Waals surface area contributed by atoms with Crippen LogP contribution in [0.1, 0.15) is 37.0 Å². The molecular formula is C21H26N2O4S. The van der Waals surface area contributed by atoms with Crippen LogP contribution in [0.25, 0.3) is 0 Å². The first-order valence-corrected chi connectivity index (χ1v) is 11.0. The molecule has 1 N–H and O–H groups in total. The van der Waals surface area contributed by atoms with Gasteiger partial charge in [0, 0.05) is 25.2 Å². The van der Waals surface area contributed by atoms with Crippen molar-refractivity contribution in [3.8, 4) is 5.75 Å². The Hall–Kier alpha value is -2.54. The molecule has 6 nitrogen and oxygen atoms in total. The quantitative estimate of drug-likeness (QED) is 0.803. The minimum atomic E-state index is -3.81. The maximum absolute atomic E-state index is 13.0. The van der Waals surface area contributed by atoms with Gasteiger partial charge in [0.1, 0.15) is 10.6 Å². The molecule has 7 heteroatoms. The Kier molecular flexibility index (Phi) is 5.93. The summed E-state index contributed by atoms with van der Waals surface area (Å²) in [7, 11) is -3.81. The highest BCUT2D eigenvalue weighted by Gasteiger charge is 2.23. The summed E-state index contributed by atoms with van der Waals surface area (Å²) >= 11 is 0. The molecule has 2 aromatic carbocycles. The van der Waals surface area contributed by atoms with Crippen molar-refractivity contribution in [1.29, 1.82) is 0 Å². The zero-order valence-corrected chi connectivity index (χ0v) is 17.3. The zero-order chi connectivity index (χ0) is 20.3. The molecule has 0 fully saturated rings. The van der Waals surface area contributed by atoms with E-state index in [1.54, 1.807) is 18.2 Å². The second kappa shape index (κ2) is 8.22. The number of sulfonamides is 1. The number of hydrogen-bond donors (Lipinski definition) is 1. The van der Waals surface area contributed by atoms with Crippen LogP contribution in [0.5, 0.6) is 5.75 Å². The molecule has 0 aromatic heterocycles. The van der Waals surface area contributed by atoms with Crippen LogP contribution in [0.4, 0.5) is 5.69 Å². The van der Waals surface area contributed by atoms with E-state index in [0.29, 0.717) is 37.6 Å². The summed E-state index contributed by atoms with van der Waals surface area (Å²) in [5.74, 6) is 0.441. The fourth-order valence-corrected chi connectivity index (χ4v) is 4.65. The van der Waals surface area contributed by atoms with E-state index in [0.717, 1.165) is 23.1 Å². The Labute approximate surface area is 166 Å². The number of amides is 1. The van der Waals surface area contributed by atoms with Gasteiger partial charge in [-0.1, -0.05) is 19.1 Å². The van der Waals surface area contributed by atoms with Gasteiger partial charge in [-0.05, 0) is 61.2 Å². The van der Waals surface area contributed by atoms with Gasteiger partial charge in [0.15, 0.2) is 0 Å². The molecule has 1 amide bonds. The van der Waals surface area contributed by atoms with E-state index in [-0.39, 0.29) is 10.8 Å². The first-order chi connectivity index (χ1) is 13.3. The lowest BCUT2D eigenvalue weighted by Crippen LogP contribution is -2.35. The van der Waals surface area contributed by atoms with Crippen LogP contribution >= 0.6 is 0 Å². The molecule has 3 rings (SSSR count). The molecule has 0 radical (unpaired) electrons. The van der Waals surface area contributed by atoms with Gasteiger partial charge in [-0.25, -0.2) is 8.42 Å². The van der Waals surface area contributed by atoms with Gasteiger partial charge in [-0.2, -0.15) is 0 Å². The van der Waals surface area contributed by atoms with Crippen molar-refractivity contribution in [2.45, 2.75) is 45.1 Å². The summed E-state index contributed by atoms with van der Waals surface area (Å²) in [4.78, 5) is 13.9. The van der Waals surface area contributed by atoms with E-state index in [9.17, 15) is 13.2 Å². The minimum Gasteiger partial charge on any atom is -0.492 e. The number of fused-ring (bicyclic) bond motifs is 1. The standard InChI is InChI=1S/C21H26N2O4S/c1-4-21(24)23-11-10-16-7-8-18(13-17(16)14-23)22-28(25,26)20-12-15(3)6-9-19(20)27-5-2/h6-9,12-13,22H,4-5,10-11,14H2,1-3H3. The van der Waals surface area contributed by atoms with Crippen molar-refractivity contribution in [2.75, 3.05) is 17.9 Å². The molecule has 2 aromatic rings. The maximum atomic E-state index is 13.0. The number of hydrogen-bond acceptors (Lipinski definition) is 4. The second-order valence-corrected chi connectivity index (χ2v) is 8.54. The maximum Gasteiger partial charge on any atom is 0.265 e. The monoisotopic (exact) mass is 402 g/mol. The first kappa shape index (κ1) is 20.2. The van der Waals surface area contributed by atoms with Crippen molar-refractivity contribution in [3.63, 3.8) is 0 Å². The molecule has 0 spiro atoms. The van der Waals surface area contributed by atoms with Gasteiger partial charge >= 0.3 is 0 Å². The number of aryl methyl sites for hydroxylation is 1. The van der Waals surface area contributed by atoms with Gasteiger partial charge in [-0.3, -0.25) is 9.52 Å². The van der Waals surface area contributed by atoms with Gasteiger partial charge in [0.2, 0.25) is 5.91 Å². The highest BCUT2D eigenvalue weighted by molar-refractivity contribution is 7.92. The third kappa shape index (κ3) is 4.30. The molecule has 150 valence electrons. The summed E-state index contributed by atoms with van der Waals surface area (Å²) in [6.45, 7) is 7.09. The third-order valence-electron chi connectivity index (χ3n) is 4.81.